The molecule has 0 spiro atoms. The number of hydrogen-bond donors (Lipinski definition) is 1. The predicted molar refractivity (Wildman–Crippen MR) is 160 cm³/mol. The van der Waals surface area contributed by atoms with Crippen LogP contribution in [0.25, 0.3) is 0 Å². The molecule has 0 heterocycles. The SMILES string of the molecule is CCC(C)COCCOCCOCCOCCOCCOCCOCCOCCOCCOCCOC(=O)CCC(=O)C(=O)O. The molecule has 15 heteroatoms. The number of carboxylic acid groups (broad SMARTS) is 1. The summed E-state index contributed by atoms with van der Waals surface area (Å²) in [6.07, 6.45) is 0.466. The van der Waals surface area contributed by atoms with E-state index < -0.39 is 17.7 Å². The first kappa shape index (κ1) is 43.2. The molecule has 0 aromatic rings. The molecule has 0 saturated carbocycles. The minimum Gasteiger partial charge on any atom is -0.476 e. The summed E-state index contributed by atoms with van der Waals surface area (Å²) in [4.78, 5) is 32.6. The number of ketones is 1. The number of rotatable bonds is 37. The standard InChI is InChI=1S/C30H56O15/c1-3-27(2)26-44-23-22-42-19-18-40-15-14-38-11-10-36-7-6-35-8-9-37-12-13-39-16-17-41-20-21-43-24-25-45-29(32)5-4-28(31)30(33)34/h27H,3-26H2,1-2H3,(H,33,34). The third-order valence-electron chi connectivity index (χ3n) is 5.73. The van der Waals surface area contributed by atoms with E-state index in [1.54, 1.807) is 0 Å². The normalized spacial score (nSPS) is 12.0. The van der Waals surface area contributed by atoms with Gasteiger partial charge in [0.2, 0.25) is 5.78 Å². The summed E-state index contributed by atoms with van der Waals surface area (Å²) in [6.45, 7) is 13.9. The number of carboxylic acids is 1. The maximum atomic E-state index is 11.4. The van der Waals surface area contributed by atoms with Crippen LogP contribution in [0.3, 0.4) is 0 Å². The molecular formula is C30H56O15. The van der Waals surface area contributed by atoms with Crippen molar-refractivity contribution < 1.29 is 71.6 Å². The van der Waals surface area contributed by atoms with Crippen LogP contribution in [0.1, 0.15) is 33.1 Å². The Morgan fingerprint density at radius 1 is 0.467 bits per heavy atom. The Bertz CT molecular complexity index is 680. The van der Waals surface area contributed by atoms with Gasteiger partial charge in [0.1, 0.15) is 6.61 Å². The highest BCUT2D eigenvalue weighted by molar-refractivity contribution is 6.32. The van der Waals surface area contributed by atoms with Crippen LogP contribution >= 0.6 is 0 Å². The molecule has 266 valence electrons. The molecule has 0 radical (unpaired) electrons. The van der Waals surface area contributed by atoms with Crippen LogP contribution in [-0.2, 0) is 66.5 Å². The van der Waals surface area contributed by atoms with Crippen LogP contribution in [-0.4, -0.2) is 162 Å². The van der Waals surface area contributed by atoms with Crippen molar-refractivity contribution >= 4 is 17.7 Å². The number of aliphatic carboxylic acids is 1. The van der Waals surface area contributed by atoms with Crippen LogP contribution in [0.2, 0.25) is 0 Å². The fraction of sp³-hybridized carbons (Fsp3) is 0.900. The Balaban J connectivity index is 3.13. The number of carbonyl (C=O) groups is 3. The zero-order valence-electron chi connectivity index (χ0n) is 27.2. The molecule has 1 N–H and O–H groups in total. The van der Waals surface area contributed by atoms with Crippen LogP contribution in [0.5, 0.6) is 0 Å². The van der Waals surface area contributed by atoms with Gasteiger partial charge >= 0.3 is 11.9 Å². The molecule has 0 fully saturated rings. The van der Waals surface area contributed by atoms with E-state index in [1.165, 1.54) is 0 Å². The molecule has 0 aliphatic carbocycles. The van der Waals surface area contributed by atoms with E-state index in [2.05, 4.69) is 13.8 Å². The fourth-order valence-electron chi connectivity index (χ4n) is 2.99. The highest BCUT2D eigenvalue weighted by Crippen LogP contribution is 2.00. The Kier molecular flexibility index (Phi) is 33.7. The topological polar surface area (TPSA) is 173 Å². The second-order valence-corrected chi connectivity index (χ2v) is 9.55. The van der Waals surface area contributed by atoms with Crippen LogP contribution < -0.4 is 0 Å². The first-order valence-electron chi connectivity index (χ1n) is 15.7. The van der Waals surface area contributed by atoms with Gasteiger partial charge in [-0.2, -0.15) is 0 Å². The molecule has 1 unspecified atom stereocenters. The van der Waals surface area contributed by atoms with Crippen molar-refractivity contribution in [1.82, 2.24) is 0 Å². The van der Waals surface area contributed by atoms with Crippen molar-refractivity contribution in [2.75, 3.05) is 139 Å². The van der Waals surface area contributed by atoms with E-state index in [-0.39, 0.29) is 26.1 Å². The molecule has 15 nitrogen and oxygen atoms in total. The molecule has 0 aliphatic rings. The number of ether oxygens (including phenoxy) is 11. The van der Waals surface area contributed by atoms with E-state index in [0.717, 1.165) is 13.0 Å². The van der Waals surface area contributed by atoms with Gasteiger partial charge in [0, 0.05) is 13.0 Å². The molecule has 1 atom stereocenters. The molecule has 0 aromatic heterocycles. The highest BCUT2D eigenvalue weighted by Gasteiger charge is 2.14. The first-order chi connectivity index (χ1) is 22.0. The summed E-state index contributed by atoms with van der Waals surface area (Å²) < 4.78 is 59.1. The zero-order chi connectivity index (χ0) is 33.1. The molecule has 0 rings (SSSR count). The van der Waals surface area contributed by atoms with Gasteiger partial charge in [0.15, 0.2) is 0 Å². The Morgan fingerprint density at radius 2 is 0.756 bits per heavy atom. The van der Waals surface area contributed by atoms with E-state index >= 15 is 0 Å². The van der Waals surface area contributed by atoms with Gasteiger partial charge in [-0.15, -0.1) is 0 Å². The van der Waals surface area contributed by atoms with Crippen molar-refractivity contribution in [3.8, 4) is 0 Å². The van der Waals surface area contributed by atoms with E-state index in [4.69, 9.17) is 57.2 Å². The van der Waals surface area contributed by atoms with E-state index in [0.29, 0.717) is 125 Å². The minimum atomic E-state index is -1.56. The maximum absolute atomic E-state index is 11.4. The lowest BCUT2D eigenvalue weighted by molar-refractivity contribution is -0.151. The van der Waals surface area contributed by atoms with Crippen molar-refractivity contribution in [3.63, 3.8) is 0 Å². The van der Waals surface area contributed by atoms with Gasteiger partial charge in [0.05, 0.1) is 132 Å². The minimum absolute atomic E-state index is 0.0161. The van der Waals surface area contributed by atoms with Crippen LogP contribution in [0, 0.1) is 5.92 Å². The Hall–Kier alpha value is -1.79. The average Bonchev–Trinajstić information content (AvgIpc) is 3.03. The van der Waals surface area contributed by atoms with Crippen molar-refractivity contribution in [1.29, 1.82) is 0 Å². The predicted octanol–water partition coefficient (Wildman–Crippen LogP) is 1.18. The van der Waals surface area contributed by atoms with Gasteiger partial charge < -0.3 is 57.2 Å². The second kappa shape index (κ2) is 35.1. The van der Waals surface area contributed by atoms with Crippen molar-refractivity contribution in [2.24, 2.45) is 5.92 Å². The average molecular weight is 657 g/mol. The Labute approximate surface area is 267 Å². The summed E-state index contributed by atoms with van der Waals surface area (Å²) in [7, 11) is 0. The lowest BCUT2D eigenvalue weighted by atomic mass is 10.1. The summed E-state index contributed by atoms with van der Waals surface area (Å²) in [5, 5.41) is 8.44. The third kappa shape index (κ3) is 34.9. The summed E-state index contributed by atoms with van der Waals surface area (Å²) >= 11 is 0. The van der Waals surface area contributed by atoms with Crippen LogP contribution in [0.4, 0.5) is 0 Å². The zero-order valence-corrected chi connectivity index (χ0v) is 27.2. The lowest BCUT2D eigenvalue weighted by Gasteiger charge is -2.10. The molecule has 0 saturated heterocycles. The second-order valence-electron chi connectivity index (χ2n) is 9.55. The van der Waals surface area contributed by atoms with Crippen LogP contribution in [0.15, 0.2) is 0 Å². The Morgan fingerprint density at radius 3 is 1.04 bits per heavy atom. The summed E-state index contributed by atoms with van der Waals surface area (Å²) in [5.74, 6) is -2.65. The van der Waals surface area contributed by atoms with Gasteiger partial charge in [-0.1, -0.05) is 20.3 Å². The quantitative estimate of drug-likeness (QED) is 0.0573. The number of Topliss-reactive ketones (excluding diaryl/α,β-unsaturated/α-hetero) is 1. The molecule has 0 aromatic carbocycles. The largest absolute Gasteiger partial charge is 0.476 e. The van der Waals surface area contributed by atoms with Gasteiger partial charge in [-0.25, -0.2) is 4.79 Å². The highest BCUT2D eigenvalue weighted by atomic mass is 16.6. The number of carbonyl (C=O) groups excluding carboxylic acids is 2. The van der Waals surface area contributed by atoms with Gasteiger partial charge in [-0.05, 0) is 5.92 Å². The van der Waals surface area contributed by atoms with Gasteiger partial charge in [-0.3, -0.25) is 9.59 Å². The summed E-state index contributed by atoms with van der Waals surface area (Å²) in [6, 6.07) is 0. The molecular weight excluding hydrogens is 600 g/mol. The lowest BCUT2D eigenvalue weighted by Crippen LogP contribution is -2.17. The maximum Gasteiger partial charge on any atom is 0.372 e. The molecule has 0 amide bonds. The fourth-order valence-corrected chi connectivity index (χ4v) is 2.99. The van der Waals surface area contributed by atoms with Gasteiger partial charge in [0.25, 0.3) is 0 Å². The van der Waals surface area contributed by atoms with Crippen molar-refractivity contribution in [2.45, 2.75) is 33.1 Å². The first-order valence-corrected chi connectivity index (χ1v) is 15.7. The third-order valence-corrected chi connectivity index (χ3v) is 5.73. The van der Waals surface area contributed by atoms with Crippen molar-refractivity contribution in [3.05, 3.63) is 0 Å². The van der Waals surface area contributed by atoms with E-state index in [1.807, 2.05) is 0 Å². The molecule has 45 heavy (non-hydrogen) atoms. The monoisotopic (exact) mass is 656 g/mol. The molecule has 0 aliphatic heterocycles. The van der Waals surface area contributed by atoms with E-state index in [9.17, 15) is 14.4 Å². The number of hydrogen-bond acceptors (Lipinski definition) is 14. The molecule has 0 bridgehead atoms. The number of esters is 1. The smallest absolute Gasteiger partial charge is 0.372 e. The summed E-state index contributed by atoms with van der Waals surface area (Å²) in [5.41, 5.74) is 0.